The lowest BCUT2D eigenvalue weighted by atomic mass is 10.5. The molecule has 0 fully saturated rings. The molecule has 0 aliphatic rings. The smallest absolute Gasteiger partial charge is 0.310 e. The highest BCUT2D eigenvalue weighted by atomic mass is 16.6. The molecule has 0 spiro atoms. The molecule has 0 saturated heterocycles. The number of carbonyl (C=O) groups excluding carboxylic acids is 6. The van der Waals surface area contributed by atoms with Crippen molar-refractivity contribution in [3.8, 4) is 0 Å². The topological polar surface area (TPSA) is 265 Å². The molecular weight excluding hydrogens is 596 g/mol. The third kappa shape index (κ3) is 223. The van der Waals surface area contributed by atoms with Gasteiger partial charge in [-0.05, 0) is 14.1 Å². The van der Waals surface area contributed by atoms with Crippen molar-refractivity contribution < 1.29 is 58.4 Å². The van der Waals surface area contributed by atoms with Crippen molar-refractivity contribution in [3.63, 3.8) is 0 Å². The quantitative estimate of drug-likeness (QED) is 0.184. The fourth-order valence-corrected chi connectivity index (χ4v) is 0.646. The van der Waals surface area contributed by atoms with E-state index in [0.29, 0.717) is 0 Å². The molecule has 0 saturated carbocycles. The van der Waals surface area contributed by atoms with Gasteiger partial charge in [0.05, 0.1) is 0 Å². The van der Waals surface area contributed by atoms with Crippen LogP contribution in [0.1, 0.15) is 111 Å². The minimum absolute atomic E-state index is 0.225. The number of imide groups is 2. The second-order valence-electron chi connectivity index (χ2n) is 5.32. The van der Waals surface area contributed by atoms with Gasteiger partial charge in [-0.25, -0.2) is 0 Å². The number of aliphatic hydroxyl groups excluding tert-OH is 1. The highest BCUT2D eigenvalue weighted by Crippen LogP contribution is 1.82. The van der Waals surface area contributed by atoms with E-state index in [1.165, 1.54) is 69.7 Å². The van der Waals surface area contributed by atoms with Gasteiger partial charge in [0.2, 0.25) is 23.6 Å². The summed E-state index contributed by atoms with van der Waals surface area (Å²) in [6, 6.07) is 0. The van der Waals surface area contributed by atoms with Crippen LogP contribution in [0.3, 0.4) is 0 Å². The predicted octanol–water partition coefficient (Wildman–Crippen LogP) is 3.16. The second kappa shape index (κ2) is 83.5. The molecule has 0 rings (SSSR count). The van der Waals surface area contributed by atoms with E-state index in [2.05, 4.69) is 16.2 Å². The molecule has 0 aromatic heterocycles. The van der Waals surface area contributed by atoms with Crippen molar-refractivity contribution in [2.45, 2.75) is 111 Å². The van der Waals surface area contributed by atoms with Crippen molar-refractivity contribution in [3.05, 3.63) is 0 Å². The van der Waals surface area contributed by atoms with E-state index in [4.69, 9.17) is 24.9 Å². The molecule has 0 aliphatic carbocycles. The van der Waals surface area contributed by atoms with Gasteiger partial charge >= 0.3 is 11.9 Å². The first kappa shape index (κ1) is 78.1. The van der Waals surface area contributed by atoms with Gasteiger partial charge in [0.1, 0.15) is 0 Å². The third-order valence-electron chi connectivity index (χ3n) is 2.18. The molecule has 0 atom stereocenters. The summed E-state index contributed by atoms with van der Waals surface area (Å²) in [7, 11) is 6.90. The zero-order valence-electron chi connectivity index (χ0n) is 32.1. The fourth-order valence-electron chi connectivity index (χ4n) is 0.646. The van der Waals surface area contributed by atoms with Crippen LogP contribution in [0.5, 0.6) is 0 Å². The molecule has 0 aliphatic heterocycles. The lowest BCUT2D eigenvalue weighted by Crippen LogP contribution is -2.28. The summed E-state index contributed by atoms with van der Waals surface area (Å²) in [6.07, 6.45) is 0. The molecule has 7 N–H and O–H groups in total. The van der Waals surface area contributed by atoms with Crippen molar-refractivity contribution in [1.82, 2.24) is 9.80 Å². The van der Waals surface area contributed by atoms with Crippen LogP contribution in [0.15, 0.2) is 0 Å². The van der Waals surface area contributed by atoms with E-state index < -0.39 is 23.9 Å². The molecular formula is C29H70N4O12. The Morgan fingerprint density at radius 2 is 0.511 bits per heavy atom. The Labute approximate surface area is 273 Å². The van der Waals surface area contributed by atoms with Gasteiger partial charge in [-0.3, -0.25) is 48.2 Å². The van der Waals surface area contributed by atoms with E-state index in [1.807, 2.05) is 55.4 Å². The second-order valence-corrected chi connectivity index (χ2v) is 5.32. The van der Waals surface area contributed by atoms with E-state index in [9.17, 15) is 28.8 Å². The number of amides is 4. The lowest BCUT2D eigenvalue weighted by Gasteiger charge is -2.07. The summed E-state index contributed by atoms with van der Waals surface area (Å²) in [5, 5.41) is 21.8. The van der Waals surface area contributed by atoms with Crippen molar-refractivity contribution in [1.29, 1.82) is 0 Å². The number of rotatable bonds is 0. The summed E-state index contributed by atoms with van der Waals surface area (Å²) in [5.74, 6) is -3.69. The Bertz CT molecular complexity index is 569. The summed E-state index contributed by atoms with van der Waals surface area (Å²) in [5.41, 5.74) is 9.00. The maximum Gasteiger partial charge on any atom is 0.310 e. The van der Waals surface area contributed by atoms with Crippen LogP contribution in [0, 0.1) is 0 Å². The zero-order valence-corrected chi connectivity index (χ0v) is 32.1. The number of aliphatic carboxylic acids is 2. The highest BCUT2D eigenvalue weighted by molar-refractivity contribution is 5.92. The first-order valence-corrected chi connectivity index (χ1v) is 13.9. The number of esters is 2. The number of hydrogen-bond acceptors (Lipinski definition) is 12. The van der Waals surface area contributed by atoms with Gasteiger partial charge in [0, 0.05) is 76.6 Å². The average Bonchev–Trinajstić information content (AvgIpc) is 2.98. The predicted molar refractivity (Wildman–Crippen MR) is 181 cm³/mol. The number of nitrogens with two attached hydrogens (primary N) is 2. The summed E-state index contributed by atoms with van der Waals surface area (Å²) < 4.78 is 3.97. The van der Waals surface area contributed by atoms with Crippen LogP contribution in [0.25, 0.3) is 0 Å². The molecule has 0 heterocycles. The number of carboxylic acid groups (broad SMARTS) is 2. The van der Waals surface area contributed by atoms with Gasteiger partial charge in [0.15, 0.2) is 0 Å². The molecule has 45 heavy (non-hydrogen) atoms. The molecule has 0 aromatic carbocycles. The molecule has 0 aromatic rings. The molecule has 4 amide bonds. The molecule has 0 radical (unpaired) electrons. The molecule has 16 nitrogen and oxygen atoms in total. The van der Waals surface area contributed by atoms with Crippen LogP contribution in [-0.2, 0) is 43.1 Å². The summed E-state index contributed by atoms with van der Waals surface area (Å²) in [4.78, 5) is 80.9. The van der Waals surface area contributed by atoms with Gasteiger partial charge in [-0.1, -0.05) is 55.4 Å². The number of aliphatic hydroxyl groups is 1. The van der Waals surface area contributed by atoms with Crippen molar-refractivity contribution in [2.75, 3.05) is 35.3 Å². The van der Waals surface area contributed by atoms with Crippen molar-refractivity contribution >= 4 is 47.5 Å². The van der Waals surface area contributed by atoms with Crippen LogP contribution in [0.2, 0.25) is 0 Å². The zero-order chi connectivity index (χ0) is 40.5. The van der Waals surface area contributed by atoms with E-state index in [0.717, 1.165) is 30.8 Å². The van der Waals surface area contributed by atoms with Crippen LogP contribution < -0.4 is 11.5 Å². The average molecular weight is 667 g/mol. The van der Waals surface area contributed by atoms with Crippen LogP contribution >= 0.6 is 0 Å². The maximum absolute atomic E-state index is 10.3. The Morgan fingerprint density at radius 3 is 0.511 bits per heavy atom. The van der Waals surface area contributed by atoms with Gasteiger partial charge in [-0.15, -0.1) is 0 Å². The van der Waals surface area contributed by atoms with Gasteiger partial charge < -0.3 is 31.5 Å². The first-order valence-electron chi connectivity index (χ1n) is 13.9. The standard InChI is InChI=1S/2C5H9NO2.C4H6O3.2C2H4O2.4C2H6.2CH5N.CH4O/c2*1-4(7)6(3)5(2)8;1-3(5)7-4(2)6;2*1-2(3)4;7*1-2/h2*1-3H3;1-2H3;2*1H3,(H,3,4);4*1-2H3;2*2H2,1H3;2H,1H3. The van der Waals surface area contributed by atoms with E-state index in [-0.39, 0.29) is 23.6 Å². The number of carboxylic acids is 2. The van der Waals surface area contributed by atoms with Gasteiger partial charge in [0.25, 0.3) is 11.9 Å². The van der Waals surface area contributed by atoms with Crippen molar-refractivity contribution in [2.24, 2.45) is 11.5 Å². The number of nitrogens with zero attached hydrogens (tertiary/aromatic N) is 2. The molecule has 278 valence electrons. The first-order chi connectivity index (χ1) is 20.7. The largest absolute Gasteiger partial charge is 0.481 e. The minimum atomic E-state index is -0.833. The Morgan fingerprint density at radius 1 is 0.422 bits per heavy atom. The van der Waals surface area contributed by atoms with Gasteiger partial charge in [-0.2, -0.15) is 0 Å². The Kier molecular flexibility index (Phi) is 145. The normalized spacial score (nSPS) is 6.22. The Balaban J connectivity index is -0.0000000279. The van der Waals surface area contributed by atoms with Crippen LogP contribution in [0.4, 0.5) is 0 Å². The highest BCUT2D eigenvalue weighted by Gasteiger charge is 2.04. The number of carbonyl (C=O) groups is 8. The number of hydrogen-bond donors (Lipinski definition) is 5. The fraction of sp³-hybridized carbons (Fsp3) is 0.724. The molecule has 0 unspecified atom stereocenters. The van der Waals surface area contributed by atoms with Crippen LogP contribution in [-0.4, -0.2) is 108 Å². The lowest BCUT2D eigenvalue weighted by molar-refractivity contribution is -0.156. The molecule has 16 heteroatoms. The summed E-state index contributed by atoms with van der Waals surface area (Å²) >= 11 is 0. The molecule has 0 bridgehead atoms. The SMILES string of the molecule is CC.CC.CC.CC.CC(=O)N(C)C(C)=O.CC(=O)N(C)C(C)=O.CC(=O)O.CC(=O)O.CC(=O)OC(C)=O.CN.CN.CO. The summed E-state index contributed by atoms with van der Waals surface area (Å²) in [6.45, 7) is 25.9. The monoisotopic (exact) mass is 666 g/mol. The Hall–Kier alpha value is -3.76. The van der Waals surface area contributed by atoms with E-state index in [1.54, 1.807) is 0 Å². The number of ether oxygens (including phenoxy) is 1. The van der Waals surface area contributed by atoms with E-state index >= 15 is 0 Å². The maximum atomic E-state index is 10.3. The minimum Gasteiger partial charge on any atom is -0.481 e. The third-order valence-corrected chi connectivity index (χ3v) is 2.18.